The maximum atomic E-state index is 12.4. The molecule has 23 heavy (non-hydrogen) atoms. The van der Waals surface area contributed by atoms with Gasteiger partial charge in [-0.1, -0.05) is 18.6 Å². The molecule has 0 spiro atoms. The van der Waals surface area contributed by atoms with Crippen LogP contribution in [0.15, 0.2) is 36.9 Å². The number of amides is 1. The van der Waals surface area contributed by atoms with E-state index in [0.29, 0.717) is 12.1 Å². The molecule has 0 aliphatic carbocycles. The number of carbonyl (C=O) groups is 1. The van der Waals surface area contributed by atoms with Crippen molar-refractivity contribution < 1.29 is 4.79 Å². The summed E-state index contributed by atoms with van der Waals surface area (Å²) in [6, 6.07) is 5.85. The van der Waals surface area contributed by atoms with Gasteiger partial charge in [-0.25, -0.2) is 4.98 Å². The average Bonchev–Trinajstić information content (AvgIpc) is 3.01. The van der Waals surface area contributed by atoms with Crippen LogP contribution in [0.4, 0.5) is 0 Å². The van der Waals surface area contributed by atoms with Gasteiger partial charge in [0.2, 0.25) is 0 Å². The third-order valence-electron chi connectivity index (χ3n) is 3.19. The monoisotopic (exact) mass is 358 g/mol. The molecule has 2 rings (SSSR count). The van der Waals surface area contributed by atoms with Crippen molar-refractivity contribution in [3.05, 3.63) is 48.0 Å². The lowest BCUT2D eigenvalue weighted by atomic mass is 10.1. The van der Waals surface area contributed by atoms with E-state index in [1.165, 1.54) is 0 Å². The zero-order valence-electron chi connectivity index (χ0n) is 13.4. The third-order valence-corrected chi connectivity index (χ3v) is 3.19. The van der Waals surface area contributed by atoms with Crippen LogP contribution in [0.5, 0.6) is 0 Å². The number of hydrogen-bond acceptors (Lipinski definition) is 3. The minimum Gasteiger partial charge on any atom is -0.351 e. The summed E-state index contributed by atoms with van der Waals surface area (Å²) in [5.74, 6) is -0.0549. The van der Waals surface area contributed by atoms with Crippen molar-refractivity contribution in [2.45, 2.75) is 20.3 Å². The molecule has 1 aromatic heterocycles. The van der Waals surface area contributed by atoms with Crippen LogP contribution in [0.3, 0.4) is 0 Å². The quantitative estimate of drug-likeness (QED) is 0.748. The smallest absolute Gasteiger partial charge is 0.253 e. The van der Waals surface area contributed by atoms with Crippen LogP contribution in [-0.4, -0.2) is 35.1 Å². The fraction of sp³-hybridized carbons (Fsp3) is 0.375. The van der Waals surface area contributed by atoms with E-state index < -0.39 is 0 Å². The first-order valence-corrected chi connectivity index (χ1v) is 7.30. The molecule has 1 heterocycles. The van der Waals surface area contributed by atoms with E-state index in [9.17, 15) is 4.79 Å². The molecule has 0 saturated heterocycles. The molecule has 0 fully saturated rings. The Morgan fingerprint density at radius 2 is 2.00 bits per heavy atom. The molecule has 1 amide bonds. The highest BCUT2D eigenvalue weighted by Gasteiger charge is 2.12. The standard InChI is InChI=1S/C16H22N4O.2ClH/c1-3-6-17-7-8-19-16(21)14-11-13(2)4-5-15(14)20-10-9-18-12-20;;/h4-5,9-12,17H,3,6-8H2,1-2H3,(H,19,21);2*1H. The lowest BCUT2D eigenvalue weighted by Gasteiger charge is -2.12. The molecule has 128 valence electrons. The number of rotatable bonds is 7. The van der Waals surface area contributed by atoms with Gasteiger partial charge in [0, 0.05) is 25.5 Å². The van der Waals surface area contributed by atoms with E-state index in [4.69, 9.17) is 0 Å². The first kappa shape index (κ1) is 21.4. The normalized spacial score (nSPS) is 9.65. The van der Waals surface area contributed by atoms with Crippen molar-refractivity contribution in [3.63, 3.8) is 0 Å². The van der Waals surface area contributed by atoms with Gasteiger partial charge >= 0.3 is 0 Å². The molecule has 0 aliphatic heterocycles. The van der Waals surface area contributed by atoms with E-state index in [1.54, 1.807) is 12.5 Å². The maximum absolute atomic E-state index is 12.4. The SMILES string of the molecule is CCCNCCNC(=O)c1cc(C)ccc1-n1ccnc1.Cl.Cl. The van der Waals surface area contributed by atoms with Crippen molar-refractivity contribution in [2.24, 2.45) is 0 Å². The topological polar surface area (TPSA) is 58.9 Å². The highest BCUT2D eigenvalue weighted by atomic mass is 35.5. The predicted octanol–water partition coefficient (Wildman–Crippen LogP) is 2.75. The maximum Gasteiger partial charge on any atom is 0.253 e. The van der Waals surface area contributed by atoms with Crippen LogP contribution in [0, 0.1) is 6.92 Å². The molecule has 0 bridgehead atoms. The largest absolute Gasteiger partial charge is 0.351 e. The average molecular weight is 359 g/mol. The van der Waals surface area contributed by atoms with E-state index >= 15 is 0 Å². The van der Waals surface area contributed by atoms with E-state index in [1.807, 2.05) is 35.9 Å². The zero-order valence-corrected chi connectivity index (χ0v) is 15.0. The van der Waals surface area contributed by atoms with Crippen molar-refractivity contribution in [3.8, 4) is 5.69 Å². The first-order chi connectivity index (χ1) is 10.2. The van der Waals surface area contributed by atoms with Gasteiger partial charge in [0.15, 0.2) is 0 Å². The molecule has 1 aromatic carbocycles. The Bertz CT molecular complexity index is 588. The molecule has 0 radical (unpaired) electrons. The number of carbonyl (C=O) groups excluding carboxylic acids is 1. The Hall–Kier alpha value is -1.56. The second-order valence-corrected chi connectivity index (χ2v) is 5.00. The molecule has 0 aliphatic rings. The summed E-state index contributed by atoms with van der Waals surface area (Å²) in [7, 11) is 0. The van der Waals surface area contributed by atoms with E-state index in [0.717, 1.165) is 30.8 Å². The lowest BCUT2D eigenvalue weighted by Crippen LogP contribution is -2.32. The number of imidazole rings is 1. The summed E-state index contributed by atoms with van der Waals surface area (Å²) in [5, 5.41) is 6.22. The predicted molar refractivity (Wildman–Crippen MR) is 98.3 cm³/mol. The minimum absolute atomic E-state index is 0. The Labute approximate surface area is 149 Å². The highest BCUT2D eigenvalue weighted by Crippen LogP contribution is 2.16. The van der Waals surface area contributed by atoms with Crippen LogP contribution in [0.1, 0.15) is 29.3 Å². The minimum atomic E-state index is -0.0549. The van der Waals surface area contributed by atoms with Gasteiger partial charge in [-0.3, -0.25) is 4.79 Å². The van der Waals surface area contributed by atoms with Crippen LogP contribution < -0.4 is 10.6 Å². The summed E-state index contributed by atoms with van der Waals surface area (Å²) in [6.07, 6.45) is 6.33. The molecular weight excluding hydrogens is 335 g/mol. The Balaban J connectivity index is 0.00000242. The molecule has 0 atom stereocenters. The van der Waals surface area contributed by atoms with Gasteiger partial charge in [-0.15, -0.1) is 24.8 Å². The second kappa shape index (κ2) is 11.0. The third kappa shape index (κ3) is 6.22. The number of halogens is 2. The Morgan fingerprint density at radius 3 is 2.65 bits per heavy atom. The zero-order chi connectivity index (χ0) is 15.1. The number of aryl methyl sites for hydroxylation is 1. The molecule has 0 unspecified atom stereocenters. The van der Waals surface area contributed by atoms with Crippen LogP contribution in [-0.2, 0) is 0 Å². The van der Waals surface area contributed by atoms with Gasteiger partial charge < -0.3 is 15.2 Å². The van der Waals surface area contributed by atoms with Gasteiger partial charge in [-0.05, 0) is 32.0 Å². The fourth-order valence-corrected chi connectivity index (χ4v) is 2.12. The van der Waals surface area contributed by atoms with Crippen LogP contribution >= 0.6 is 24.8 Å². The van der Waals surface area contributed by atoms with Gasteiger partial charge in [0.05, 0.1) is 17.6 Å². The van der Waals surface area contributed by atoms with E-state index in [2.05, 4.69) is 22.5 Å². The molecule has 2 aromatic rings. The highest BCUT2D eigenvalue weighted by molar-refractivity contribution is 5.98. The van der Waals surface area contributed by atoms with Gasteiger partial charge in [-0.2, -0.15) is 0 Å². The Morgan fingerprint density at radius 1 is 1.22 bits per heavy atom. The molecular formula is C16H24Cl2N4O. The van der Waals surface area contributed by atoms with Crippen molar-refractivity contribution in [1.29, 1.82) is 0 Å². The number of aromatic nitrogens is 2. The summed E-state index contributed by atoms with van der Waals surface area (Å²) >= 11 is 0. The fourth-order valence-electron chi connectivity index (χ4n) is 2.12. The lowest BCUT2D eigenvalue weighted by molar-refractivity contribution is 0.0954. The number of nitrogens with one attached hydrogen (secondary N) is 2. The first-order valence-electron chi connectivity index (χ1n) is 7.30. The number of nitrogens with zero attached hydrogens (tertiary/aromatic N) is 2. The summed E-state index contributed by atoms with van der Waals surface area (Å²) < 4.78 is 1.85. The molecule has 5 nitrogen and oxygen atoms in total. The van der Waals surface area contributed by atoms with Gasteiger partial charge in [0.1, 0.15) is 0 Å². The van der Waals surface area contributed by atoms with Crippen LogP contribution in [0.25, 0.3) is 5.69 Å². The van der Waals surface area contributed by atoms with Crippen molar-refractivity contribution in [2.75, 3.05) is 19.6 Å². The summed E-state index contributed by atoms with van der Waals surface area (Å²) in [6.45, 7) is 6.48. The molecule has 2 N–H and O–H groups in total. The van der Waals surface area contributed by atoms with Gasteiger partial charge in [0.25, 0.3) is 5.91 Å². The summed E-state index contributed by atoms with van der Waals surface area (Å²) in [4.78, 5) is 16.4. The van der Waals surface area contributed by atoms with Crippen LogP contribution in [0.2, 0.25) is 0 Å². The molecule has 7 heteroatoms. The number of benzene rings is 1. The Kier molecular flexibility index (Phi) is 10.3. The molecule has 0 saturated carbocycles. The van der Waals surface area contributed by atoms with Crippen molar-refractivity contribution >= 4 is 30.7 Å². The number of hydrogen-bond donors (Lipinski definition) is 2. The van der Waals surface area contributed by atoms with Crippen molar-refractivity contribution in [1.82, 2.24) is 20.2 Å². The second-order valence-electron chi connectivity index (χ2n) is 5.00. The summed E-state index contributed by atoms with van der Waals surface area (Å²) in [5.41, 5.74) is 2.58. The van der Waals surface area contributed by atoms with E-state index in [-0.39, 0.29) is 30.7 Å².